The number of hydrogen-bond acceptors (Lipinski definition) is 2. The Labute approximate surface area is 127 Å². The number of halogens is 2. The van der Waals surface area contributed by atoms with Gasteiger partial charge in [0.25, 0.3) is 0 Å². The first-order chi connectivity index (χ1) is 9.63. The zero-order valence-electron chi connectivity index (χ0n) is 11.4. The summed E-state index contributed by atoms with van der Waals surface area (Å²) < 4.78 is 14.2. The Morgan fingerprint density at radius 3 is 2.80 bits per heavy atom. The highest BCUT2D eigenvalue weighted by atomic mass is 79.9. The van der Waals surface area contributed by atoms with Gasteiger partial charge in [-0.3, -0.25) is 9.69 Å². The minimum Gasteiger partial charge on any atom is -0.299 e. The second-order valence-corrected chi connectivity index (χ2v) is 6.84. The fourth-order valence-electron chi connectivity index (χ4n) is 3.69. The van der Waals surface area contributed by atoms with Crippen molar-refractivity contribution in [3.63, 3.8) is 0 Å². The molecule has 2 atom stereocenters. The van der Waals surface area contributed by atoms with Crippen LogP contribution in [0.5, 0.6) is 0 Å². The smallest absolute Gasteiger partial charge is 0.137 e. The molecule has 0 aromatic heterocycles. The number of carbonyl (C=O) groups excluding carboxylic acids is 1. The molecule has 20 heavy (non-hydrogen) atoms. The molecule has 1 aromatic rings. The van der Waals surface area contributed by atoms with E-state index in [9.17, 15) is 9.18 Å². The third kappa shape index (κ3) is 2.96. The van der Waals surface area contributed by atoms with Gasteiger partial charge in [0.2, 0.25) is 0 Å². The molecule has 1 aliphatic heterocycles. The Hall–Kier alpha value is -0.740. The zero-order valence-corrected chi connectivity index (χ0v) is 13.0. The van der Waals surface area contributed by atoms with Gasteiger partial charge in [-0.25, -0.2) is 4.39 Å². The van der Waals surface area contributed by atoms with Crippen LogP contribution in [0.2, 0.25) is 0 Å². The van der Waals surface area contributed by atoms with E-state index in [1.807, 2.05) is 6.07 Å². The predicted octanol–water partition coefficient (Wildman–Crippen LogP) is 3.92. The normalized spacial score (nSPS) is 27.4. The van der Waals surface area contributed by atoms with E-state index in [1.54, 1.807) is 6.07 Å². The molecule has 108 valence electrons. The number of Topliss-reactive ketones (excluding diaryl/α,β-unsaturated/α-hetero) is 1. The Morgan fingerprint density at radius 2 is 2.10 bits per heavy atom. The van der Waals surface area contributed by atoms with Crippen molar-refractivity contribution >= 4 is 21.7 Å². The molecule has 1 heterocycles. The average Bonchev–Trinajstić information content (AvgIpc) is 2.96. The van der Waals surface area contributed by atoms with Crippen molar-refractivity contribution in [2.75, 3.05) is 6.54 Å². The van der Waals surface area contributed by atoms with Crippen molar-refractivity contribution in [3.8, 4) is 0 Å². The second kappa shape index (κ2) is 5.94. The lowest BCUT2D eigenvalue weighted by Crippen LogP contribution is -2.37. The quantitative estimate of drug-likeness (QED) is 0.831. The highest BCUT2D eigenvalue weighted by Crippen LogP contribution is 2.34. The summed E-state index contributed by atoms with van der Waals surface area (Å²) in [5, 5.41) is 0. The van der Waals surface area contributed by atoms with Crippen LogP contribution in [0.15, 0.2) is 22.7 Å². The number of ketones is 1. The van der Waals surface area contributed by atoms with Gasteiger partial charge < -0.3 is 0 Å². The first kappa shape index (κ1) is 14.2. The van der Waals surface area contributed by atoms with E-state index >= 15 is 0 Å². The van der Waals surface area contributed by atoms with Crippen molar-refractivity contribution in [2.24, 2.45) is 5.92 Å². The monoisotopic (exact) mass is 339 g/mol. The summed E-state index contributed by atoms with van der Waals surface area (Å²) in [6.07, 6.45) is 5.07. The second-order valence-electron chi connectivity index (χ2n) is 5.92. The molecule has 4 heteroatoms. The van der Waals surface area contributed by atoms with E-state index < -0.39 is 0 Å². The van der Waals surface area contributed by atoms with Crippen LogP contribution in [0.25, 0.3) is 0 Å². The van der Waals surface area contributed by atoms with Gasteiger partial charge in [-0.1, -0.05) is 15.9 Å². The van der Waals surface area contributed by atoms with Crippen LogP contribution in [-0.4, -0.2) is 23.3 Å². The van der Waals surface area contributed by atoms with Crippen LogP contribution < -0.4 is 0 Å². The fraction of sp³-hybridized carbons (Fsp3) is 0.562. The van der Waals surface area contributed by atoms with Gasteiger partial charge in [-0.2, -0.15) is 0 Å². The molecule has 0 bridgehead atoms. The number of hydrogen-bond donors (Lipinski definition) is 0. The third-order valence-corrected chi connectivity index (χ3v) is 5.00. The van der Waals surface area contributed by atoms with E-state index in [4.69, 9.17) is 0 Å². The van der Waals surface area contributed by atoms with Gasteiger partial charge in [-0.15, -0.1) is 0 Å². The Balaban J connectivity index is 1.74. The highest BCUT2D eigenvalue weighted by Gasteiger charge is 2.37. The molecule has 1 saturated carbocycles. The molecule has 1 saturated heterocycles. The first-order valence-electron chi connectivity index (χ1n) is 7.35. The molecule has 0 spiro atoms. The van der Waals surface area contributed by atoms with Crippen molar-refractivity contribution in [1.82, 2.24) is 4.90 Å². The molecule has 2 fully saturated rings. The minimum atomic E-state index is -0.206. The molecule has 2 aliphatic rings. The maximum absolute atomic E-state index is 13.5. The highest BCUT2D eigenvalue weighted by molar-refractivity contribution is 9.10. The summed E-state index contributed by atoms with van der Waals surface area (Å²) in [4.78, 5) is 14.3. The molecule has 2 nitrogen and oxygen atoms in total. The summed E-state index contributed by atoms with van der Waals surface area (Å²) in [6.45, 7) is 1.76. The number of rotatable bonds is 3. The maximum atomic E-state index is 13.5. The van der Waals surface area contributed by atoms with Gasteiger partial charge >= 0.3 is 0 Å². The fourth-order valence-corrected chi connectivity index (χ4v) is 4.20. The number of carbonyl (C=O) groups is 1. The molecule has 0 N–H and O–H groups in total. The van der Waals surface area contributed by atoms with Gasteiger partial charge in [-0.05, 0) is 56.0 Å². The molecule has 1 aromatic carbocycles. The topological polar surface area (TPSA) is 20.3 Å². The molecular formula is C16H19BrFNO. The molecule has 0 amide bonds. The van der Waals surface area contributed by atoms with Crippen molar-refractivity contribution < 1.29 is 9.18 Å². The van der Waals surface area contributed by atoms with Gasteiger partial charge in [0.1, 0.15) is 11.6 Å². The van der Waals surface area contributed by atoms with Crippen LogP contribution in [0.1, 0.15) is 37.7 Å². The Kier molecular flexibility index (Phi) is 4.22. The van der Waals surface area contributed by atoms with Crippen molar-refractivity contribution in [2.45, 2.75) is 44.7 Å². The summed E-state index contributed by atoms with van der Waals surface area (Å²) >= 11 is 3.34. The summed E-state index contributed by atoms with van der Waals surface area (Å²) in [5.74, 6) is 0.443. The summed E-state index contributed by atoms with van der Waals surface area (Å²) in [5.41, 5.74) is 0.981. The van der Waals surface area contributed by atoms with Gasteiger partial charge in [0, 0.05) is 29.4 Å². The summed E-state index contributed by atoms with van der Waals surface area (Å²) in [7, 11) is 0. The summed E-state index contributed by atoms with van der Waals surface area (Å²) in [6, 6.07) is 5.41. The number of nitrogens with zero attached hydrogens (tertiary/aromatic N) is 1. The molecule has 0 radical (unpaired) electrons. The van der Waals surface area contributed by atoms with Crippen molar-refractivity contribution in [3.05, 3.63) is 34.1 Å². The van der Waals surface area contributed by atoms with E-state index in [1.165, 1.54) is 6.07 Å². The number of benzene rings is 1. The van der Waals surface area contributed by atoms with E-state index in [0.717, 1.165) is 55.2 Å². The molecular weight excluding hydrogens is 321 g/mol. The predicted molar refractivity (Wildman–Crippen MR) is 79.9 cm³/mol. The largest absolute Gasteiger partial charge is 0.299 e. The van der Waals surface area contributed by atoms with E-state index in [-0.39, 0.29) is 11.7 Å². The zero-order chi connectivity index (χ0) is 14.1. The van der Waals surface area contributed by atoms with E-state index in [2.05, 4.69) is 20.8 Å². The molecule has 1 aliphatic carbocycles. The lowest BCUT2D eigenvalue weighted by Gasteiger charge is -2.28. The third-order valence-electron chi connectivity index (χ3n) is 4.54. The van der Waals surface area contributed by atoms with Crippen LogP contribution in [0.4, 0.5) is 4.39 Å². The van der Waals surface area contributed by atoms with Gasteiger partial charge in [0.15, 0.2) is 0 Å². The maximum Gasteiger partial charge on any atom is 0.137 e. The van der Waals surface area contributed by atoms with Crippen LogP contribution >= 0.6 is 15.9 Å². The van der Waals surface area contributed by atoms with Crippen LogP contribution in [0.3, 0.4) is 0 Å². The standard InChI is InChI=1S/C16H19BrFNO/c17-12-7-11(8-13(18)9-12)10-19-6-2-4-15(19)14-3-1-5-16(14)20/h7-9,14-15H,1-6,10H2. The lowest BCUT2D eigenvalue weighted by molar-refractivity contribution is -0.122. The average molecular weight is 340 g/mol. The van der Waals surface area contributed by atoms with Crippen LogP contribution in [0, 0.1) is 11.7 Å². The van der Waals surface area contributed by atoms with Crippen LogP contribution in [-0.2, 0) is 11.3 Å². The Morgan fingerprint density at radius 1 is 1.25 bits per heavy atom. The Bertz CT molecular complexity index is 499. The SMILES string of the molecule is O=C1CCCC1C1CCCN1Cc1cc(F)cc(Br)c1. The molecule has 3 rings (SSSR count). The number of likely N-dealkylation sites (tertiary alicyclic amines) is 1. The minimum absolute atomic E-state index is 0.206. The molecule has 2 unspecified atom stereocenters. The van der Waals surface area contributed by atoms with Crippen molar-refractivity contribution in [1.29, 1.82) is 0 Å². The van der Waals surface area contributed by atoms with E-state index in [0.29, 0.717) is 11.8 Å². The lowest BCUT2D eigenvalue weighted by atomic mass is 9.95. The first-order valence-corrected chi connectivity index (χ1v) is 8.14. The van der Waals surface area contributed by atoms with Gasteiger partial charge in [0.05, 0.1) is 0 Å².